The first-order chi connectivity index (χ1) is 13.3. The van der Waals surface area contributed by atoms with Crippen LogP contribution in [0.2, 0.25) is 5.02 Å². The molecule has 0 radical (unpaired) electrons. The highest BCUT2D eigenvalue weighted by atomic mass is 35.5. The number of ether oxygens (including phenoxy) is 2. The zero-order chi connectivity index (χ0) is 20.8. The lowest BCUT2D eigenvalue weighted by atomic mass is 10.0. The number of benzene rings is 1. The number of carbonyl (C=O) groups excluding carboxylic acids is 2. The highest BCUT2D eigenvalue weighted by molar-refractivity contribution is 6.32. The van der Waals surface area contributed by atoms with Crippen LogP contribution in [0.5, 0.6) is 11.5 Å². The number of ketones is 1. The summed E-state index contributed by atoms with van der Waals surface area (Å²) in [5, 5.41) is 3.31. The van der Waals surface area contributed by atoms with E-state index >= 15 is 0 Å². The van der Waals surface area contributed by atoms with Crippen LogP contribution in [0, 0.1) is 6.92 Å². The molecule has 1 amide bonds. The molecule has 0 saturated carbocycles. The third-order valence-corrected chi connectivity index (χ3v) is 4.68. The fourth-order valence-corrected chi connectivity index (χ4v) is 3.57. The minimum absolute atomic E-state index is 0.0423. The second-order valence-corrected chi connectivity index (χ2v) is 6.92. The van der Waals surface area contributed by atoms with Crippen LogP contribution in [0.1, 0.15) is 64.9 Å². The van der Waals surface area contributed by atoms with Crippen molar-refractivity contribution in [1.82, 2.24) is 10.3 Å². The average Bonchev–Trinajstić information content (AvgIpc) is 2.98. The number of aromatic nitrogens is 1. The largest absolute Gasteiger partial charge is 0.493 e. The topological polar surface area (TPSA) is 80.4 Å². The molecule has 2 aromatic rings. The van der Waals surface area contributed by atoms with Crippen LogP contribution in [0.15, 0.2) is 12.1 Å². The normalized spacial score (nSPS) is 10.6. The van der Waals surface area contributed by atoms with E-state index in [9.17, 15) is 9.59 Å². The standard InChI is InChI=1S/C21H27ClN2O4/c1-6-8-15-18(13(4)25)12(3)24-19(15)21(26)23-11-14-9-16(22)20(28-7-2)17(10-14)27-5/h9-10,24H,6-8,11H2,1-5H3,(H,23,26). The molecule has 1 heterocycles. The number of aromatic amines is 1. The van der Waals surface area contributed by atoms with E-state index in [1.165, 1.54) is 6.92 Å². The fraction of sp³-hybridized carbons (Fsp3) is 0.429. The Balaban J connectivity index is 2.24. The summed E-state index contributed by atoms with van der Waals surface area (Å²) in [5.41, 5.74) is 3.32. The first-order valence-electron chi connectivity index (χ1n) is 9.33. The van der Waals surface area contributed by atoms with Gasteiger partial charge in [-0.25, -0.2) is 0 Å². The van der Waals surface area contributed by atoms with Crippen molar-refractivity contribution in [3.05, 3.63) is 45.2 Å². The van der Waals surface area contributed by atoms with Gasteiger partial charge in [0, 0.05) is 17.8 Å². The van der Waals surface area contributed by atoms with E-state index in [1.807, 2.05) is 20.8 Å². The van der Waals surface area contributed by atoms with Gasteiger partial charge in [-0.15, -0.1) is 0 Å². The summed E-state index contributed by atoms with van der Waals surface area (Å²) in [5.74, 6) is 0.695. The van der Waals surface area contributed by atoms with Crippen LogP contribution in [-0.4, -0.2) is 30.4 Å². The number of halogens is 1. The Morgan fingerprint density at radius 1 is 1.25 bits per heavy atom. The zero-order valence-corrected chi connectivity index (χ0v) is 17.8. The lowest BCUT2D eigenvalue weighted by Crippen LogP contribution is -2.24. The van der Waals surface area contributed by atoms with Crippen LogP contribution in [0.3, 0.4) is 0 Å². The Labute approximate surface area is 170 Å². The number of hydrogen-bond acceptors (Lipinski definition) is 4. The van der Waals surface area contributed by atoms with Crippen LogP contribution < -0.4 is 14.8 Å². The average molecular weight is 407 g/mol. The van der Waals surface area contributed by atoms with Gasteiger partial charge in [0.25, 0.3) is 5.91 Å². The molecule has 152 valence electrons. The Kier molecular flexibility index (Phi) is 7.52. The molecule has 28 heavy (non-hydrogen) atoms. The molecule has 0 atom stereocenters. The first-order valence-corrected chi connectivity index (χ1v) is 9.71. The Morgan fingerprint density at radius 3 is 2.54 bits per heavy atom. The predicted octanol–water partition coefficient (Wildman–Crippen LogP) is 4.47. The Bertz CT molecular complexity index is 874. The van der Waals surface area contributed by atoms with Crippen molar-refractivity contribution in [2.24, 2.45) is 0 Å². The monoisotopic (exact) mass is 406 g/mol. The maximum atomic E-state index is 12.8. The molecule has 1 aromatic carbocycles. The summed E-state index contributed by atoms with van der Waals surface area (Å²) in [6.07, 6.45) is 1.49. The summed E-state index contributed by atoms with van der Waals surface area (Å²) < 4.78 is 10.8. The minimum atomic E-state index is -0.261. The molecule has 0 bridgehead atoms. The van der Waals surface area contributed by atoms with Gasteiger partial charge < -0.3 is 19.8 Å². The molecule has 6 nitrogen and oxygen atoms in total. The molecule has 0 saturated heterocycles. The molecule has 0 aliphatic heterocycles. The lowest BCUT2D eigenvalue weighted by Gasteiger charge is -2.13. The highest BCUT2D eigenvalue weighted by Crippen LogP contribution is 2.36. The number of rotatable bonds is 9. The van der Waals surface area contributed by atoms with Crippen LogP contribution in [0.4, 0.5) is 0 Å². The van der Waals surface area contributed by atoms with Crippen LogP contribution >= 0.6 is 11.6 Å². The molecule has 2 N–H and O–H groups in total. The molecule has 2 rings (SSSR count). The van der Waals surface area contributed by atoms with Crippen molar-refractivity contribution in [1.29, 1.82) is 0 Å². The van der Waals surface area contributed by atoms with E-state index in [0.717, 1.165) is 17.5 Å². The summed E-state index contributed by atoms with van der Waals surface area (Å²) in [6.45, 7) is 7.94. The number of H-pyrrole nitrogens is 1. The van der Waals surface area contributed by atoms with Gasteiger partial charge in [0.2, 0.25) is 0 Å². The van der Waals surface area contributed by atoms with E-state index in [2.05, 4.69) is 10.3 Å². The lowest BCUT2D eigenvalue weighted by molar-refractivity contribution is 0.0945. The van der Waals surface area contributed by atoms with Crippen molar-refractivity contribution in [2.45, 2.75) is 47.1 Å². The molecule has 0 aliphatic carbocycles. The first kappa shape index (κ1) is 21.8. The summed E-state index contributed by atoms with van der Waals surface area (Å²) >= 11 is 6.29. The number of carbonyl (C=O) groups is 2. The second-order valence-electron chi connectivity index (χ2n) is 6.51. The smallest absolute Gasteiger partial charge is 0.268 e. The second kappa shape index (κ2) is 9.64. The number of methoxy groups -OCH3 is 1. The Hall–Kier alpha value is -2.47. The highest BCUT2D eigenvalue weighted by Gasteiger charge is 2.22. The number of aryl methyl sites for hydroxylation is 1. The van der Waals surface area contributed by atoms with Gasteiger partial charge in [0.1, 0.15) is 5.69 Å². The van der Waals surface area contributed by atoms with Crippen LogP contribution in [0.25, 0.3) is 0 Å². The number of nitrogens with one attached hydrogen (secondary N) is 2. The van der Waals surface area contributed by atoms with Crippen LogP contribution in [-0.2, 0) is 13.0 Å². The predicted molar refractivity (Wildman–Crippen MR) is 110 cm³/mol. The van der Waals surface area contributed by atoms with E-state index in [1.54, 1.807) is 19.2 Å². The summed E-state index contributed by atoms with van der Waals surface area (Å²) in [6, 6.07) is 3.52. The van der Waals surface area contributed by atoms with Crippen molar-refractivity contribution < 1.29 is 19.1 Å². The van der Waals surface area contributed by atoms with Gasteiger partial charge in [-0.3, -0.25) is 9.59 Å². The SMILES string of the molecule is CCCc1c(C(=O)NCc2cc(Cl)c(OCC)c(OC)c2)[nH]c(C)c1C(C)=O. The number of Topliss-reactive ketones (excluding diaryl/α,β-unsaturated/α-hetero) is 1. The third-order valence-electron chi connectivity index (χ3n) is 4.40. The molecule has 1 aromatic heterocycles. The third kappa shape index (κ3) is 4.68. The summed E-state index contributed by atoms with van der Waals surface area (Å²) in [4.78, 5) is 27.8. The van der Waals surface area contributed by atoms with Gasteiger partial charge in [0.05, 0.1) is 18.7 Å². The van der Waals surface area contributed by atoms with Crippen molar-refractivity contribution in [2.75, 3.05) is 13.7 Å². The Morgan fingerprint density at radius 2 is 1.96 bits per heavy atom. The van der Waals surface area contributed by atoms with E-state index < -0.39 is 0 Å². The molecule has 0 aliphatic rings. The van der Waals surface area contributed by atoms with Crippen molar-refractivity contribution in [3.63, 3.8) is 0 Å². The quantitative estimate of drug-likeness (QED) is 0.602. The minimum Gasteiger partial charge on any atom is -0.493 e. The molecule has 7 heteroatoms. The molecule has 0 spiro atoms. The van der Waals surface area contributed by atoms with Gasteiger partial charge in [0.15, 0.2) is 17.3 Å². The van der Waals surface area contributed by atoms with E-state index in [-0.39, 0.29) is 18.2 Å². The van der Waals surface area contributed by atoms with Gasteiger partial charge in [-0.05, 0) is 50.5 Å². The van der Waals surface area contributed by atoms with Gasteiger partial charge >= 0.3 is 0 Å². The molecule has 0 fully saturated rings. The number of hydrogen-bond donors (Lipinski definition) is 2. The maximum absolute atomic E-state index is 12.8. The molecule has 0 unspecified atom stereocenters. The van der Waals surface area contributed by atoms with Gasteiger partial charge in [-0.2, -0.15) is 0 Å². The van der Waals surface area contributed by atoms with Crippen molar-refractivity contribution in [3.8, 4) is 11.5 Å². The fourth-order valence-electron chi connectivity index (χ4n) is 3.28. The molecular formula is C21H27ClN2O4. The zero-order valence-electron chi connectivity index (χ0n) is 17.0. The van der Waals surface area contributed by atoms with Crippen molar-refractivity contribution >= 4 is 23.3 Å². The summed E-state index contributed by atoms with van der Waals surface area (Å²) in [7, 11) is 1.54. The molecular weight excluding hydrogens is 380 g/mol. The van der Waals surface area contributed by atoms with E-state index in [4.69, 9.17) is 21.1 Å². The van der Waals surface area contributed by atoms with E-state index in [0.29, 0.717) is 46.5 Å². The van der Waals surface area contributed by atoms with Gasteiger partial charge in [-0.1, -0.05) is 24.9 Å². The number of amides is 1. The maximum Gasteiger partial charge on any atom is 0.268 e.